The molecule has 0 bridgehead atoms. The molecule has 3 aromatic rings. The van der Waals surface area contributed by atoms with Gasteiger partial charge in [0.1, 0.15) is 12.4 Å². The predicted molar refractivity (Wildman–Crippen MR) is 147 cm³/mol. The van der Waals surface area contributed by atoms with E-state index in [1.54, 1.807) is 29.7 Å². The van der Waals surface area contributed by atoms with Crippen molar-refractivity contribution in [3.8, 4) is 5.75 Å². The number of likely N-dealkylation sites (tertiary alicyclic amines) is 1. The van der Waals surface area contributed by atoms with Gasteiger partial charge < -0.3 is 15.0 Å². The lowest BCUT2D eigenvalue weighted by molar-refractivity contribution is -0.130. The van der Waals surface area contributed by atoms with Gasteiger partial charge in [-0.1, -0.05) is 39.0 Å². The molecule has 0 radical (unpaired) electrons. The summed E-state index contributed by atoms with van der Waals surface area (Å²) in [6, 6.07) is 16.9. The molecule has 1 aliphatic rings. The Bertz CT molecular complexity index is 1270. The highest BCUT2D eigenvalue weighted by molar-refractivity contribution is 5.94. The van der Waals surface area contributed by atoms with E-state index in [1.807, 2.05) is 37.3 Å². The van der Waals surface area contributed by atoms with Crippen LogP contribution in [0.15, 0.2) is 54.6 Å². The standard InChI is InChI=1S/C30H38N4O4/c1-20-15-23(25-7-5-6-8-26(25)31-20)18-38-24-11-9-21(10-12-24)29(36)32-27-17-34(19-30(2,3)4)14-13-22(27)16-28(35)33-37/h5-12,15,22,27,37H,13-14,16-19H2,1-4H3,(H,32,36)(H,33,35)/t22-,27+/m0/s1. The van der Waals surface area contributed by atoms with Crippen molar-refractivity contribution < 1.29 is 19.5 Å². The van der Waals surface area contributed by atoms with Crippen LogP contribution in [-0.2, 0) is 11.4 Å². The molecule has 0 aliphatic carbocycles. The SMILES string of the molecule is Cc1cc(COc2ccc(C(=O)N[C@@H]3CN(CC(C)(C)C)CC[C@H]3CC(=O)NO)cc2)c2ccccc2n1. The molecule has 0 spiro atoms. The summed E-state index contributed by atoms with van der Waals surface area (Å²) < 4.78 is 6.04. The third-order valence-corrected chi connectivity index (χ3v) is 6.87. The van der Waals surface area contributed by atoms with Crippen LogP contribution >= 0.6 is 0 Å². The Morgan fingerprint density at radius 1 is 1.13 bits per heavy atom. The lowest BCUT2D eigenvalue weighted by atomic mass is 9.86. The lowest BCUT2D eigenvalue weighted by Gasteiger charge is -2.41. The highest BCUT2D eigenvalue weighted by Gasteiger charge is 2.33. The van der Waals surface area contributed by atoms with Crippen molar-refractivity contribution in [1.29, 1.82) is 0 Å². The quantitative estimate of drug-likeness (QED) is 0.300. The summed E-state index contributed by atoms with van der Waals surface area (Å²) in [7, 11) is 0. The van der Waals surface area contributed by atoms with Crippen molar-refractivity contribution in [2.45, 2.75) is 53.2 Å². The molecule has 1 aliphatic heterocycles. The van der Waals surface area contributed by atoms with E-state index in [4.69, 9.17) is 9.94 Å². The van der Waals surface area contributed by atoms with Crippen LogP contribution in [0.2, 0.25) is 0 Å². The van der Waals surface area contributed by atoms with Gasteiger partial charge in [-0.15, -0.1) is 0 Å². The summed E-state index contributed by atoms with van der Waals surface area (Å²) in [6.45, 7) is 11.3. The highest BCUT2D eigenvalue weighted by Crippen LogP contribution is 2.26. The van der Waals surface area contributed by atoms with Crippen LogP contribution in [-0.4, -0.2) is 52.6 Å². The third-order valence-electron chi connectivity index (χ3n) is 6.87. The molecule has 1 fully saturated rings. The Hall–Kier alpha value is -3.49. The van der Waals surface area contributed by atoms with Crippen LogP contribution in [0.3, 0.4) is 0 Å². The summed E-state index contributed by atoms with van der Waals surface area (Å²) in [5.74, 6) is -0.00307. The molecule has 0 unspecified atom stereocenters. The summed E-state index contributed by atoms with van der Waals surface area (Å²) in [4.78, 5) is 31.9. The number of piperidine rings is 1. The molecule has 2 atom stereocenters. The van der Waals surface area contributed by atoms with Gasteiger partial charge in [0.2, 0.25) is 5.91 Å². The van der Waals surface area contributed by atoms with Crippen molar-refractivity contribution in [3.05, 3.63) is 71.4 Å². The number of nitrogens with one attached hydrogen (secondary N) is 2. The minimum atomic E-state index is -0.433. The van der Waals surface area contributed by atoms with Crippen LogP contribution in [0, 0.1) is 18.3 Å². The van der Waals surface area contributed by atoms with Crippen molar-refractivity contribution in [2.24, 2.45) is 11.3 Å². The van der Waals surface area contributed by atoms with Gasteiger partial charge in [-0.3, -0.25) is 19.8 Å². The average molecular weight is 519 g/mol. The number of aryl methyl sites for hydroxylation is 1. The Morgan fingerprint density at radius 2 is 1.87 bits per heavy atom. The minimum Gasteiger partial charge on any atom is -0.489 e. The molecule has 2 amide bonds. The molecule has 38 heavy (non-hydrogen) atoms. The van der Waals surface area contributed by atoms with Gasteiger partial charge in [0.25, 0.3) is 5.91 Å². The Labute approximate surface area is 224 Å². The van der Waals surface area contributed by atoms with E-state index in [0.717, 1.165) is 41.7 Å². The second kappa shape index (κ2) is 11.9. The van der Waals surface area contributed by atoms with Gasteiger partial charge in [-0.25, -0.2) is 5.48 Å². The van der Waals surface area contributed by atoms with Gasteiger partial charge in [0, 0.05) is 47.8 Å². The maximum absolute atomic E-state index is 13.2. The van der Waals surface area contributed by atoms with Gasteiger partial charge in [0.15, 0.2) is 0 Å². The molecular weight excluding hydrogens is 480 g/mol. The summed E-state index contributed by atoms with van der Waals surface area (Å²) in [5, 5.41) is 13.2. The van der Waals surface area contributed by atoms with Crippen LogP contribution in [0.5, 0.6) is 5.75 Å². The summed E-state index contributed by atoms with van der Waals surface area (Å²) in [5.41, 5.74) is 5.32. The number of fused-ring (bicyclic) bond motifs is 1. The monoisotopic (exact) mass is 518 g/mol. The second-order valence-electron chi connectivity index (χ2n) is 11.4. The number of pyridine rings is 1. The molecule has 1 saturated heterocycles. The van der Waals surface area contributed by atoms with Gasteiger partial charge >= 0.3 is 0 Å². The lowest BCUT2D eigenvalue weighted by Crippen LogP contribution is -2.54. The maximum Gasteiger partial charge on any atom is 0.251 e. The number of carbonyl (C=O) groups excluding carboxylic acids is 2. The fourth-order valence-electron chi connectivity index (χ4n) is 5.20. The number of hydroxylamine groups is 1. The molecule has 8 nitrogen and oxygen atoms in total. The largest absolute Gasteiger partial charge is 0.489 e. The number of rotatable bonds is 8. The number of benzene rings is 2. The summed E-state index contributed by atoms with van der Waals surface area (Å²) >= 11 is 0. The van der Waals surface area contributed by atoms with Crippen molar-refractivity contribution >= 4 is 22.7 Å². The zero-order valence-corrected chi connectivity index (χ0v) is 22.7. The van der Waals surface area contributed by atoms with Gasteiger partial charge in [-0.05, 0) is 67.6 Å². The van der Waals surface area contributed by atoms with Crippen molar-refractivity contribution in [3.63, 3.8) is 0 Å². The van der Waals surface area contributed by atoms with E-state index in [1.165, 1.54) is 0 Å². The molecule has 2 aromatic carbocycles. The summed E-state index contributed by atoms with van der Waals surface area (Å²) in [6.07, 6.45) is 0.936. The number of nitrogens with zero attached hydrogens (tertiary/aromatic N) is 2. The van der Waals surface area contributed by atoms with Crippen LogP contribution in [0.1, 0.15) is 55.2 Å². The first-order valence-electron chi connectivity index (χ1n) is 13.2. The normalized spacial score (nSPS) is 18.2. The zero-order chi connectivity index (χ0) is 27.3. The number of amides is 2. The van der Waals surface area contributed by atoms with E-state index in [-0.39, 0.29) is 29.7 Å². The second-order valence-corrected chi connectivity index (χ2v) is 11.4. The fourth-order valence-corrected chi connectivity index (χ4v) is 5.20. The first-order chi connectivity index (χ1) is 18.1. The Morgan fingerprint density at radius 3 is 2.58 bits per heavy atom. The number of carbonyl (C=O) groups is 2. The van der Waals surface area contributed by atoms with Crippen LogP contribution < -0.4 is 15.5 Å². The maximum atomic E-state index is 13.2. The molecule has 202 valence electrons. The van der Waals surface area contributed by atoms with Crippen LogP contribution in [0.25, 0.3) is 10.9 Å². The molecule has 3 N–H and O–H groups in total. The van der Waals surface area contributed by atoms with Crippen LogP contribution in [0.4, 0.5) is 0 Å². The van der Waals surface area contributed by atoms with Gasteiger partial charge in [-0.2, -0.15) is 0 Å². The Balaban J connectivity index is 1.41. The number of hydrogen-bond donors (Lipinski definition) is 3. The first-order valence-corrected chi connectivity index (χ1v) is 13.2. The van der Waals surface area contributed by atoms with E-state index in [0.29, 0.717) is 24.5 Å². The van der Waals surface area contributed by atoms with Crippen molar-refractivity contribution in [1.82, 2.24) is 20.7 Å². The average Bonchev–Trinajstić information content (AvgIpc) is 2.88. The Kier molecular flexibility index (Phi) is 8.64. The predicted octanol–water partition coefficient (Wildman–Crippen LogP) is 4.48. The number of aromatic nitrogens is 1. The first kappa shape index (κ1) is 27.5. The van der Waals surface area contributed by atoms with E-state index < -0.39 is 5.91 Å². The molecule has 0 saturated carbocycles. The number of ether oxygens (including phenoxy) is 1. The molecular formula is C30H38N4O4. The highest BCUT2D eigenvalue weighted by atomic mass is 16.5. The number of para-hydroxylation sites is 1. The van der Waals surface area contributed by atoms with Gasteiger partial charge in [0.05, 0.1) is 5.52 Å². The third kappa shape index (κ3) is 7.30. The molecule has 1 aromatic heterocycles. The molecule has 8 heteroatoms. The zero-order valence-electron chi connectivity index (χ0n) is 22.7. The van der Waals surface area contributed by atoms with E-state index >= 15 is 0 Å². The van der Waals surface area contributed by atoms with E-state index in [9.17, 15) is 9.59 Å². The molecule has 4 rings (SSSR count). The molecule has 2 heterocycles. The topological polar surface area (TPSA) is 104 Å². The number of hydrogen-bond acceptors (Lipinski definition) is 6. The van der Waals surface area contributed by atoms with E-state index in [2.05, 4.69) is 36.0 Å². The smallest absolute Gasteiger partial charge is 0.251 e. The fraction of sp³-hybridized carbons (Fsp3) is 0.433. The minimum absolute atomic E-state index is 0.0523. The van der Waals surface area contributed by atoms with Crippen molar-refractivity contribution in [2.75, 3.05) is 19.6 Å².